The van der Waals surface area contributed by atoms with E-state index in [1.807, 2.05) is 146 Å². The third kappa shape index (κ3) is 9.54. The normalized spacial score (nSPS) is 9.98. The van der Waals surface area contributed by atoms with Crippen molar-refractivity contribution in [2.75, 3.05) is 0 Å². The van der Waals surface area contributed by atoms with E-state index in [2.05, 4.69) is 48.6 Å². The van der Waals surface area contributed by atoms with Crippen LogP contribution in [0.25, 0.3) is 55.3 Å². The van der Waals surface area contributed by atoms with Crippen molar-refractivity contribution < 1.29 is 8.83 Å². The minimum absolute atomic E-state index is 0. The average molecular weight is 699 g/mol. The summed E-state index contributed by atoms with van der Waals surface area (Å²) in [4.78, 5) is 12.0. The maximum Gasteiger partial charge on any atom is 0.204 e. The van der Waals surface area contributed by atoms with Gasteiger partial charge < -0.3 is 8.83 Å². The lowest BCUT2D eigenvalue weighted by atomic mass is 10.1. The fourth-order valence-electron chi connectivity index (χ4n) is 5.24. The first-order valence-corrected chi connectivity index (χ1v) is 16.8. The van der Waals surface area contributed by atoms with Gasteiger partial charge in [-0.15, -0.1) is 0 Å². The number of rotatable bonds is 3. The van der Waals surface area contributed by atoms with Gasteiger partial charge in [0.15, 0.2) is 11.2 Å². The lowest BCUT2D eigenvalue weighted by molar-refractivity contribution is 0.488. The van der Waals surface area contributed by atoms with E-state index in [0.29, 0.717) is 18.2 Å². The number of aromatic nitrogens is 8. The number of benzene rings is 5. The van der Waals surface area contributed by atoms with Crippen LogP contribution >= 0.6 is 0 Å². The van der Waals surface area contributed by atoms with Gasteiger partial charge in [0.2, 0.25) is 11.8 Å². The highest BCUT2D eigenvalue weighted by atomic mass is 16.4. The molecule has 0 saturated carbocycles. The molecule has 4 aromatic heterocycles. The predicted molar refractivity (Wildman–Crippen MR) is 214 cm³/mol. The first-order chi connectivity index (χ1) is 24.5. The van der Waals surface area contributed by atoms with Gasteiger partial charge in [0, 0.05) is 25.0 Å². The van der Waals surface area contributed by atoms with E-state index in [0.717, 1.165) is 55.6 Å². The van der Waals surface area contributed by atoms with Gasteiger partial charge in [0.1, 0.15) is 34.2 Å². The van der Waals surface area contributed by atoms with E-state index in [4.69, 9.17) is 8.83 Å². The maximum atomic E-state index is 5.66. The maximum absolute atomic E-state index is 5.66. The molecule has 0 aliphatic carbocycles. The SMILES string of the molecule is C.C.CC.CC.Cc1nn(C)nc1-c1ccccc1.Cn1nc2ccc3ccccc3c2n1.c1ccc2oc(Cc3nc4ccccc4o3)nc2c1. The summed E-state index contributed by atoms with van der Waals surface area (Å²) in [5.74, 6) is 1.24. The van der Waals surface area contributed by atoms with Crippen LogP contribution < -0.4 is 0 Å². The van der Waals surface area contributed by atoms with Crippen LogP contribution in [0.3, 0.4) is 0 Å². The Morgan fingerprint density at radius 2 is 1.04 bits per heavy atom. The van der Waals surface area contributed by atoms with Crippen molar-refractivity contribution in [3.63, 3.8) is 0 Å². The Morgan fingerprint density at radius 1 is 0.519 bits per heavy atom. The van der Waals surface area contributed by atoms with Crippen molar-refractivity contribution in [1.29, 1.82) is 0 Å². The first kappa shape index (κ1) is 40.3. The van der Waals surface area contributed by atoms with Gasteiger partial charge in [0.05, 0.1) is 5.69 Å². The zero-order chi connectivity index (χ0) is 35.5. The Bertz CT molecular complexity index is 2270. The van der Waals surface area contributed by atoms with Crippen LogP contribution in [0.2, 0.25) is 0 Å². The molecule has 9 aromatic rings. The van der Waals surface area contributed by atoms with Gasteiger partial charge in [0.25, 0.3) is 0 Å². The molecule has 5 aromatic carbocycles. The van der Waals surface area contributed by atoms with E-state index in [1.54, 1.807) is 9.59 Å². The van der Waals surface area contributed by atoms with Gasteiger partial charge in [-0.3, -0.25) is 0 Å². The molecule has 0 bridgehead atoms. The van der Waals surface area contributed by atoms with Crippen molar-refractivity contribution in [2.45, 2.75) is 55.9 Å². The quantitative estimate of drug-likeness (QED) is 0.179. The molecule has 0 fully saturated rings. The van der Waals surface area contributed by atoms with Crippen molar-refractivity contribution in [3.8, 4) is 11.3 Å². The van der Waals surface area contributed by atoms with Gasteiger partial charge in [-0.1, -0.05) is 127 Å². The Morgan fingerprint density at radius 3 is 1.60 bits per heavy atom. The Balaban J connectivity index is 0.000000201. The van der Waals surface area contributed by atoms with Crippen LogP contribution in [-0.2, 0) is 20.5 Å². The third-order valence-electron chi connectivity index (χ3n) is 7.28. The molecule has 10 heteroatoms. The Kier molecular flexibility index (Phi) is 14.9. The van der Waals surface area contributed by atoms with Gasteiger partial charge >= 0.3 is 0 Å². The molecule has 0 saturated heterocycles. The highest BCUT2D eigenvalue weighted by Gasteiger charge is 2.11. The number of para-hydroxylation sites is 4. The number of hydrogen-bond acceptors (Lipinski definition) is 8. The molecule has 0 atom stereocenters. The first-order valence-electron chi connectivity index (χ1n) is 16.8. The number of fused-ring (bicyclic) bond motifs is 5. The molecule has 10 nitrogen and oxygen atoms in total. The number of hydrogen-bond donors (Lipinski definition) is 0. The van der Waals surface area contributed by atoms with Crippen molar-refractivity contribution >= 4 is 44.0 Å². The predicted octanol–water partition coefficient (Wildman–Crippen LogP) is 10.8. The van der Waals surface area contributed by atoms with Crippen molar-refractivity contribution in [2.24, 2.45) is 14.1 Å². The monoisotopic (exact) mass is 698 g/mol. The molecular formula is C42H50N8O2. The van der Waals surface area contributed by atoms with E-state index < -0.39 is 0 Å². The third-order valence-corrected chi connectivity index (χ3v) is 7.28. The lowest BCUT2D eigenvalue weighted by Crippen LogP contribution is -1.91. The highest BCUT2D eigenvalue weighted by Crippen LogP contribution is 2.22. The molecule has 0 unspecified atom stereocenters. The fourth-order valence-corrected chi connectivity index (χ4v) is 5.24. The summed E-state index contributed by atoms with van der Waals surface area (Å²) in [7, 11) is 3.67. The minimum Gasteiger partial charge on any atom is -0.440 e. The van der Waals surface area contributed by atoms with Crippen molar-refractivity contribution in [3.05, 3.63) is 133 Å². The molecular weight excluding hydrogens is 649 g/mol. The molecule has 270 valence electrons. The van der Waals surface area contributed by atoms with Gasteiger partial charge in [-0.2, -0.15) is 30.0 Å². The summed E-state index contributed by atoms with van der Waals surface area (Å²) in [6.07, 6.45) is 0.462. The summed E-state index contributed by atoms with van der Waals surface area (Å²) in [5.41, 5.74) is 8.26. The average Bonchev–Trinajstić information content (AvgIpc) is 3.94. The van der Waals surface area contributed by atoms with Gasteiger partial charge in [-0.05, 0) is 42.6 Å². The van der Waals surface area contributed by atoms with E-state index in [1.165, 1.54) is 5.39 Å². The molecule has 4 heterocycles. The molecule has 9 rings (SSSR count). The summed E-state index contributed by atoms with van der Waals surface area (Å²) < 4.78 is 11.3. The number of oxazole rings is 2. The van der Waals surface area contributed by atoms with E-state index >= 15 is 0 Å². The summed E-state index contributed by atoms with van der Waals surface area (Å²) >= 11 is 0. The molecule has 0 radical (unpaired) electrons. The second-order valence-electron chi connectivity index (χ2n) is 10.7. The van der Waals surface area contributed by atoms with Crippen molar-refractivity contribution in [1.82, 2.24) is 40.0 Å². The van der Waals surface area contributed by atoms with Crippen LogP contribution in [0.4, 0.5) is 0 Å². The zero-order valence-corrected chi connectivity index (χ0v) is 29.6. The molecule has 52 heavy (non-hydrogen) atoms. The number of aryl methyl sites for hydroxylation is 3. The Labute approximate surface area is 306 Å². The van der Waals surface area contributed by atoms with Crippen LogP contribution in [0.5, 0.6) is 0 Å². The second kappa shape index (κ2) is 19.3. The topological polar surface area (TPSA) is 113 Å². The summed E-state index contributed by atoms with van der Waals surface area (Å²) in [6.45, 7) is 9.97. The van der Waals surface area contributed by atoms with Crippen LogP contribution in [0, 0.1) is 6.92 Å². The smallest absolute Gasteiger partial charge is 0.204 e. The second-order valence-corrected chi connectivity index (χ2v) is 10.7. The summed E-state index contributed by atoms with van der Waals surface area (Å²) in [5, 5.41) is 19.5. The lowest BCUT2D eigenvalue weighted by Gasteiger charge is -1.95. The van der Waals surface area contributed by atoms with Gasteiger partial charge in [-0.25, -0.2) is 9.97 Å². The Hall–Kier alpha value is -6.16. The van der Waals surface area contributed by atoms with Crippen LogP contribution in [0.15, 0.2) is 124 Å². The summed E-state index contributed by atoms with van der Waals surface area (Å²) in [6, 6.07) is 37.8. The standard InChI is InChI=1S/C15H10N2O2.C11H9N3.C10H11N3.2C2H6.2CH4/c1-3-7-12-10(5-1)16-14(18-12)9-15-17-11-6-2-4-8-13(11)19-15;1-14-12-10-7-6-8-4-2-3-5-9(8)11(10)13-14;1-8-10(12-13(2)11-8)9-6-4-3-5-7-9;2*1-2;;/h1-8H,9H2;2-7H,1H3;3-7H,1-2H3;2*1-2H3;2*1H4. The highest BCUT2D eigenvalue weighted by molar-refractivity contribution is 6.03. The van der Waals surface area contributed by atoms with E-state index in [9.17, 15) is 0 Å². The molecule has 0 aliphatic rings. The van der Waals surface area contributed by atoms with Crippen LogP contribution in [-0.4, -0.2) is 40.0 Å². The number of nitrogens with zero attached hydrogens (tertiary/aromatic N) is 8. The molecule has 0 amide bonds. The molecule has 0 spiro atoms. The zero-order valence-electron chi connectivity index (χ0n) is 29.6. The largest absolute Gasteiger partial charge is 0.440 e. The van der Waals surface area contributed by atoms with E-state index in [-0.39, 0.29) is 14.9 Å². The molecule has 0 aliphatic heterocycles. The van der Waals surface area contributed by atoms with Crippen LogP contribution in [0.1, 0.15) is 60.0 Å². The fraction of sp³-hybridized carbons (Fsp3) is 0.238. The molecule has 0 N–H and O–H groups in total. The minimum atomic E-state index is 0.